The van der Waals surface area contributed by atoms with Gasteiger partial charge in [-0.25, -0.2) is 0 Å². The summed E-state index contributed by atoms with van der Waals surface area (Å²) in [6.45, 7) is 2.67. The van der Waals surface area contributed by atoms with Crippen LogP contribution in [0, 0.1) is 0 Å². The Balaban J connectivity index is 3.02. The van der Waals surface area contributed by atoms with E-state index in [1.807, 2.05) is 0 Å². The van der Waals surface area contributed by atoms with Gasteiger partial charge in [0.1, 0.15) is 0 Å². The van der Waals surface area contributed by atoms with Crippen molar-refractivity contribution in [2.45, 2.75) is 36.6 Å². The molecular formula is C7H13Cl3O. The van der Waals surface area contributed by atoms with Crippen molar-refractivity contribution in [1.82, 2.24) is 0 Å². The first-order chi connectivity index (χ1) is 5.06. The number of halogens is 3. The predicted octanol–water partition coefficient (Wildman–Crippen LogP) is 3.91. The fourth-order valence-electron chi connectivity index (χ4n) is 0.717. The van der Waals surface area contributed by atoms with Crippen molar-refractivity contribution in [2.75, 3.05) is 6.61 Å². The molecule has 0 saturated heterocycles. The lowest BCUT2D eigenvalue weighted by Crippen LogP contribution is -2.09. The summed E-state index contributed by atoms with van der Waals surface area (Å²) in [6.07, 6.45) is 4.51. The number of hydrogen-bond donors (Lipinski definition) is 0. The zero-order valence-corrected chi connectivity index (χ0v) is 8.85. The lowest BCUT2D eigenvalue weighted by Gasteiger charge is -2.10. The Bertz CT molecular complexity index is 90.2. The molecule has 0 aliphatic heterocycles. The molecule has 0 radical (unpaired) electrons. The first kappa shape index (κ1) is 11.8. The van der Waals surface area contributed by atoms with E-state index in [0.29, 0.717) is 6.61 Å². The van der Waals surface area contributed by atoms with E-state index in [2.05, 4.69) is 6.92 Å². The molecule has 11 heavy (non-hydrogen) atoms. The lowest BCUT2D eigenvalue weighted by atomic mass is 10.2. The van der Waals surface area contributed by atoms with Gasteiger partial charge in [0.05, 0.1) is 6.61 Å². The molecule has 68 valence electrons. The molecule has 1 nitrogen and oxygen atoms in total. The molecule has 0 aromatic rings. The molecule has 0 atom stereocenters. The summed E-state index contributed by atoms with van der Waals surface area (Å²) in [5.41, 5.74) is 0. The Morgan fingerprint density at radius 1 is 1.09 bits per heavy atom. The topological polar surface area (TPSA) is 9.23 Å². The molecule has 0 amide bonds. The second-order valence-corrected chi connectivity index (χ2v) is 4.53. The molecule has 0 heterocycles. The Morgan fingerprint density at radius 2 is 1.73 bits per heavy atom. The summed E-state index contributed by atoms with van der Waals surface area (Å²) in [7, 11) is 0. The Labute approximate surface area is 83.0 Å². The SMILES string of the molecule is CCCCCCOC(Cl)(Cl)Cl. The minimum atomic E-state index is -1.54. The van der Waals surface area contributed by atoms with Crippen molar-refractivity contribution < 1.29 is 4.74 Å². The molecule has 4 heteroatoms. The average molecular weight is 220 g/mol. The summed E-state index contributed by atoms with van der Waals surface area (Å²) >= 11 is 16.1. The largest absolute Gasteiger partial charge is 0.334 e. The van der Waals surface area contributed by atoms with Crippen LogP contribution in [0.4, 0.5) is 0 Å². The van der Waals surface area contributed by atoms with Gasteiger partial charge >= 0.3 is 0 Å². The van der Waals surface area contributed by atoms with E-state index < -0.39 is 3.98 Å². The third-order valence-electron chi connectivity index (χ3n) is 1.26. The van der Waals surface area contributed by atoms with Gasteiger partial charge in [-0.05, 0) is 6.42 Å². The van der Waals surface area contributed by atoms with Crippen LogP contribution in [0.2, 0.25) is 0 Å². The normalized spacial score (nSPS) is 12.0. The van der Waals surface area contributed by atoms with Crippen LogP contribution in [0.15, 0.2) is 0 Å². The Morgan fingerprint density at radius 3 is 2.18 bits per heavy atom. The number of hydrogen-bond acceptors (Lipinski definition) is 1. The van der Waals surface area contributed by atoms with Crippen LogP contribution in [-0.4, -0.2) is 10.6 Å². The molecule has 0 aliphatic carbocycles. The molecule has 0 aliphatic rings. The molecule has 0 spiro atoms. The van der Waals surface area contributed by atoms with E-state index in [9.17, 15) is 0 Å². The Kier molecular flexibility index (Phi) is 6.84. The lowest BCUT2D eigenvalue weighted by molar-refractivity contribution is 0.126. The van der Waals surface area contributed by atoms with Crippen LogP contribution in [0.25, 0.3) is 0 Å². The van der Waals surface area contributed by atoms with E-state index in [1.54, 1.807) is 0 Å². The fourth-order valence-corrected chi connectivity index (χ4v) is 0.948. The third kappa shape index (κ3) is 10.8. The van der Waals surface area contributed by atoms with E-state index in [0.717, 1.165) is 12.8 Å². The van der Waals surface area contributed by atoms with Crippen molar-refractivity contribution >= 4 is 34.8 Å². The highest BCUT2D eigenvalue weighted by Gasteiger charge is 2.18. The Hall–Kier alpha value is 0.830. The minimum Gasteiger partial charge on any atom is -0.334 e. The zero-order chi connectivity index (χ0) is 8.74. The molecule has 0 fully saturated rings. The van der Waals surface area contributed by atoms with Crippen LogP contribution in [0.1, 0.15) is 32.6 Å². The summed E-state index contributed by atoms with van der Waals surface area (Å²) in [5, 5.41) is 0. The van der Waals surface area contributed by atoms with Crippen molar-refractivity contribution in [3.8, 4) is 0 Å². The quantitative estimate of drug-likeness (QED) is 0.503. The van der Waals surface area contributed by atoms with Crippen molar-refractivity contribution in [3.63, 3.8) is 0 Å². The van der Waals surface area contributed by atoms with Gasteiger partial charge in [0, 0.05) is 0 Å². The zero-order valence-electron chi connectivity index (χ0n) is 6.58. The van der Waals surface area contributed by atoms with Crippen molar-refractivity contribution in [3.05, 3.63) is 0 Å². The van der Waals surface area contributed by atoms with Gasteiger partial charge < -0.3 is 4.74 Å². The van der Waals surface area contributed by atoms with E-state index in [1.165, 1.54) is 12.8 Å². The van der Waals surface area contributed by atoms with Crippen LogP contribution in [0.5, 0.6) is 0 Å². The smallest absolute Gasteiger partial charge is 0.297 e. The average Bonchev–Trinajstić information content (AvgIpc) is 1.85. The monoisotopic (exact) mass is 218 g/mol. The standard InChI is InChI=1S/C7H13Cl3O/c1-2-3-4-5-6-11-7(8,9)10/h2-6H2,1H3. The maximum absolute atomic E-state index is 5.35. The van der Waals surface area contributed by atoms with Gasteiger partial charge in [0.2, 0.25) is 0 Å². The van der Waals surface area contributed by atoms with Gasteiger partial charge in [0.25, 0.3) is 3.98 Å². The van der Waals surface area contributed by atoms with Gasteiger partial charge in [-0.15, -0.1) is 0 Å². The second kappa shape index (κ2) is 6.36. The van der Waals surface area contributed by atoms with Crippen molar-refractivity contribution in [2.24, 2.45) is 0 Å². The molecular weight excluding hydrogens is 206 g/mol. The van der Waals surface area contributed by atoms with Gasteiger partial charge in [-0.2, -0.15) is 0 Å². The number of unbranched alkanes of at least 4 members (excludes halogenated alkanes) is 3. The summed E-state index contributed by atoms with van der Waals surface area (Å²) in [6, 6.07) is 0. The predicted molar refractivity (Wildman–Crippen MR) is 50.4 cm³/mol. The molecule has 0 saturated carbocycles. The van der Waals surface area contributed by atoms with Gasteiger partial charge in [-0.1, -0.05) is 61.0 Å². The molecule has 0 bridgehead atoms. The van der Waals surface area contributed by atoms with E-state index >= 15 is 0 Å². The van der Waals surface area contributed by atoms with Crippen molar-refractivity contribution in [1.29, 1.82) is 0 Å². The number of rotatable bonds is 5. The van der Waals surface area contributed by atoms with Crippen LogP contribution >= 0.6 is 34.8 Å². The second-order valence-electron chi connectivity index (χ2n) is 2.35. The van der Waals surface area contributed by atoms with Gasteiger partial charge in [0.15, 0.2) is 0 Å². The van der Waals surface area contributed by atoms with E-state index in [-0.39, 0.29) is 0 Å². The molecule has 0 aromatic heterocycles. The molecule has 0 unspecified atom stereocenters. The maximum atomic E-state index is 5.35. The molecule has 0 N–H and O–H groups in total. The highest BCUT2D eigenvalue weighted by Crippen LogP contribution is 2.27. The first-order valence-corrected chi connectivity index (χ1v) is 4.90. The van der Waals surface area contributed by atoms with E-state index in [4.69, 9.17) is 39.5 Å². The number of alkyl halides is 3. The fraction of sp³-hybridized carbons (Fsp3) is 1.00. The van der Waals surface area contributed by atoms with Crippen LogP contribution in [-0.2, 0) is 4.74 Å². The summed E-state index contributed by atoms with van der Waals surface area (Å²) in [4.78, 5) is 0. The summed E-state index contributed by atoms with van der Waals surface area (Å²) in [5.74, 6) is 0. The first-order valence-electron chi connectivity index (χ1n) is 3.77. The van der Waals surface area contributed by atoms with Crippen LogP contribution in [0.3, 0.4) is 0 Å². The third-order valence-corrected chi connectivity index (χ3v) is 1.59. The van der Waals surface area contributed by atoms with Gasteiger partial charge in [-0.3, -0.25) is 0 Å². The maximum Gasteiger partial charge on any atom is 0.297 e. The van der Waals surface area contributed by atoms with Crippen LogP contribution < -0.4 is 0 Å². The molecule has 0 rings (SSSR count). The highest BCUT2D eigenvalue weighted by molar-refractivity contribution is 6.66. The summed E-state index contributed by atoms with van der Waals surface area (Å²) < 4.78 is 3.34. The number of ether oxygens (including phenoxy) is 1. The molecule has 0 aromatic carbocycles. The minimum absolute atomic E-state index is 0.524. The highest BCUT2D eigenvalue weighted by atomic mass is 35.6.